The highest BCUT2D eigenvalue weighted by atomic mass is 16.5. The number of aliphatic hydroxyl groups excluding tert-OH is 1. The molecule has 16 heavy (non-hydrogen) atoms. The summed E-state index contributed by atoms with van der Waals surface area (Å²) in [5, 5.41) is 13.1. The fourth-order valence-electron chi connectivity index (χ4n) is 1.95. The third-order valence-corrected chi connectivity index (χ3v) is 2.68. The lowest BCUT2D eigenvalue weighted by Crippen LogP contribution is -2.13. The minimum Gasteiger partial charge on any atom is -0.496 e. The molecule has 0 aliphatic rings. The molecule has 0 aliphatic heterocycles. The fourth-order valence-corrected chi connectivity index (χ4v) is 1.95. The Morgan fingerprint density at radius 3 is 2.62 bits per heavy atom. The molecule has 1 atom stereocenters. The monoisotopic (exact) mass is 223 g/mol. The van der Waals surface area contributed by atoms with Crippen LogP contribution in [0.25, 0.3) is 0 Å². The van der Waals surface area contributed by atoms with Crippen molar-refractivity contribution in [1.29, 1.82) is 0 Å². The Kier molecular flexibility index (Phi) is 4.77. The molecule has 0 saturated carbocycles. The van der Waals surface area contributed by atoms with Gasteiger partial charge in [0.05, 0.1) is 13.2 Å². The molecule has 0 radical (unpaired) electrons. The lowest BCUT2D eigenvalue weighted by atomic mass is 9.99. The van der Waals surface area contributed by atoms with Gasteiger partial charge in [0.2, 0.25) is 0 Å². The summed E-state index contributed by atoms with van der Waals surface area (Å²) in [5.41, 5.74) is 3.10. The Bertz CT molecular complexity index is 350. The summed E-state index contributed by atoms with van der Waals surface area (Å²) in [5.74, 6) is 0.800. The fraction of sp³-hybridized carbons (Fsp3) is 0.538. The number of aryl methyl sites for hydroxylation is 2. The van der Waals surface area contributed by atoms with Crippen molar-refractivity contribution in [3.63, 3.8) is 0 Å². The van der Waals surface area contributed by atoms with E-state index in [1.807, 2.05) is 27.0 Å². The Labute approximate surface area is 97.4 Å². The van der Waals surface area contributed by atoms with Crippen LogP contribution in [0.5, 0.6) is 5.75 Å². The standard InChI is InChI=1S/C13H21NO2/c1-9-7-10(2)13(16-4)11(8-9)12(15)5-6-14-3/h7-8,12,14-15H,5-6H2,1-4H3. The maximum atomic E-state index is 10.1. The molecule has 0 spiro atoms. The first kappa shape index (κ1) is 13.0. The zero-order valence-electron chi connectivity index (χ0n) is 10.5. The van der Waals surface area contributed by atoms with Crippen LogP contribution in [0.1, 0.15) is 29.2 Å². The molecule has 0 aliphatic carbocycles. The lowest BCUT2D eigenvalue weighted by molar-refractivity contribution is 0.163. The number of aliphatic hydroxyl groups is 1. The van der Waals surface area contributed by atoms with Gasteiger partial charge in [-0.2, -0.15) is 0 Å². The third kappa shape index (κ3) is 2.97. The third-order valence-electron chi connectivity index (χ3n) is 2.68. The maximum Gasteiger partial charge on any atom is 0.127 e. The number of ether oxygens (including phenoxy) is 1. The molecule has 0 amide bonds. The second kappa shape index (κ2) is 5.87. The van der Waals surface area contributed by atoms with Crippen LogP contribution in [0, 0.1) is 13.8 Å². The van der Waals surface area contributed by atoms with Crippen LogP contribution in [-0.4, -0.2) is 25.8 Å². The lowest BCUT2D eigenvalue weighted by Gasteiger charge is -2.17. The summed E-state index contributed by atoms with van der Waals surface area (Å²) < 4.78 is 5.35. The van der Waals surface area contributed by atoms with E-state index in [0.717, 1.165) is 29.0 Å². The van der Waals surface area contributed by atoms with Crippen LogP contribution < -0.4 is 10.1 Å². The Morgan fingerprint density at radius 2 is 2.06 bits per heavy atom. The summed E-state index contributed by atoms with van der Waals surface area (Å²) in [6.07, 6.45) is 0.219. The normalized spacial score (nSPS) is 12.6. The summed E-state index contributed by atoms with van der Waals surface area (Å²) in [6.45, 7) is 4.82. The second-order valence-corrected chi connectivity index (χ2v) is 4.11. The van der Waals surface area contributed by atoms with Gasteiger partial charge < -0.3 is 15.2 Å². The van der Waals surface area contributed by atoms with Gasteiger partial charge in [-0.1, -0.05) is 11.6 Å². The molecule has 2 N–H and O–H groups in total. The first-order valence-electron chi connectivity index (χ1n) is 5.58. The molecule has 1 rings (SSSR count). The van der Waals surface area contributed by atoms with E-state index in [4.69, 9.17) is 4.74 Å². The first-order valence-corrected chi connectivity index (χ1v) is 5.58. The average Bonchev–Trinajstić information content (AvgIpc) is 2.24. The summed E-state index contributed by atoms with van der Waals surface area (Å²) in [4.78, 5) is 0. The van der Waals surface area contributed by atoms with Crippen molar-refractivity contribution in [2.75, 3.05) is 20.7 Å². The summed E-state index contributed by atoms with van der Waals surface area (Å²) in [6, 6.07) is 4.05. The molecular formula is C13H21NO2. The number of rotatable bonds is 5. The molecule has 1 aromatic rings. The van der Waals surface area contributed by atoms with Crippen molar-refractivity contribution in [2.45, 2.75) is 26.4 Å². The van der Waals surface area contributed by atoms with Crippen LogP contribution in [-0.2, 0) is 0 Å². The van der Waals surface area contributed by atoms with Gasteiger partial charge in [0.15, 0.2) is 0 Å². The van der Waals surface area contributed by atoms with Gasteiger partial charge >= 0.3 is 0 Å². The molecule has 3 nitrogen and oxygen atoms in total. The zero-order chi connectivity index (χ0) is 12.1. The highest BCUT2D eigenvalue weighted by molar-refractivity contribution is 5.44. The summed E-state index contributed by atoms with van der Waals surface area (Å²) >= 11 is 0. The SMILES string of the molecule is CNCCC(O)c1cc(C)cc(C)c1OC. The molecular weight excluding hydrogens is 202 g/mol. The minimum atomic E-state index is -0.471. The molecule has 0 fully saturated rings. The highest BCUT2D eigenvalue weighted by Gasteiger charge is 2.15. The predicted molar refractivity (Wildman–Crippen MR) is 66.0 cm³/mol. The number of nitrogens with one attached hydrogen (secondary N) is 1. The quantitative estimate of drug-likeness (QED) is 0.801. The molecule has 0 bridgehead atoms. The van der Waals surface area contributed by atoms with Crippen molar-refractivity contribution < 1.29 is 9.84 Å². The Hall–Kier alpha value is -1.06. The highest BCUT2D eigenvalue weighted by Crippen LogP contribution is 2.31. The van der Waals surface area contributed by atoms with E-state index in [-0.39, 0.29) is 0 Å². The molecule has 1 unspecified atom stereocenters. The van der Waals surface area contributed by atoms with Crippen molar-refractivity contribution >= 4 is 0 Å². The Balaban J connectivity index is 3.00. The second-order valence-electron chi connectivity index (χ2n) is 4.11. The van der Waals surface area contributed by atoms with Gasteiger partial charge in [0, 0.05) is 5.56 Å². The van der Waals surface area contributed by atoms with Gasteiger partial charge in [0.25, 0.3) is 0 Å². The van der Waals surface area contributed by atoms with Gasteiger partial charge in [-0.25, -0.2) is 0 Å². The van der Waals surface area contributed by atoms with Crippen LogP contribution in [0.4, 0.5) is 0 Å². The molecule has 1 aromatic carbocycles. The molecule has 0 aromatic heterocycles. The molecule has 0 saturated heterocycles. The van der Waals surface area contributed by atoms with Crippen molar-refractivity contribution in [2.24, 2.45) is 0 Å². The van der Waals surface area contributed by atoms with E-state index in [0.29, 0.717) is 6.42 Å². The minimum absolute atomic E-state index is 0.471. The van der Waals surface area contributed by atoms with Gasteiger partial charge in [-0.15, -0.1) is 0 Å². The van der Waals surface area contributed by atoms with Crippen LogP contribution in [0.15, 0.2) is 12.1 Å². The number of benzene rings is 1. The van der Waals surface area contributed by atoms with Gasteiger partial charge in [-0.3, -0.25) is 0 Å². The first-order chi connectivity index (χ1) is 7.60. The molecule has 90 valence electrons. The zero-order valence-corrected chi connectivity index (χ0v) is 10.5. The van der Waals surface area contributed by atoms with Crippen molar-refractivity contribution in [1.82, 2.24) is 5.32 Å². The van der Waals surface area contributed by atoms with Crippen LogP contribution in [0.3, 0.4) is 0 Å². The van der Waals surface area contributed by atoms with Gasteiger partial charge in [-0.05, 0) is 45.5 Å². The van der Waals surface area contributed by atoms with Gasteiger partial charge in [0.1, 0.15) is 5.75 Å². The largest absolute Gasteiger partial charge is 0.496 e. The average molecular weight is 223 g/mol. The Morgan fingerprint density at radius 1 is 1.38 bits per heavy atom. The van der Waals surface area contributed by atoms with E-state index in [1.54, 1.807) is 7.11 Å². The van der Waals surface area contributed by atoms with E-state index >= 15 is 0 Å². The van der Waals surface area contributed by atoms with E-state index < -0.39 is 6.10 Å². The van der Waals surface area contributed by atoms with Crippen LogP contribution >= 0.6 is 0 Å². The molecule has 0 heterocycles. The number of hydrogen-bond acceptors (Lipinski definition) is 3. The van der Waals surface area contributed by atoms with Crippen LogP contribution in [0.2, 0.25) is 0 Å². The molecule has 3 heteroatoms. The smallest absolute Gasteiger partial charge is 0.127 e. The van der Waals surface area contributed by atoms with E-state index in [9.17, 15) is 5.11 Å². The van der Waals surface area contributed by atoms with Crippen molar-refractivity contribution in [3.8, 4) is 5.75 Å². The van der Waals surface area contributed by atoms with Crippen molar-refractivity contribution in [3.05, 3.63) is 28.8 Å². The van der Waals surface area contributed by atoms with E-state index in [1.165, 1.54) is 0 Å². The van der Waals surface area contributed by atoms with E-state index in [2.05, 4.69) is 11.4 Å². The number of hydrogen-bond donors (Lipinski definition) is 2. The number of methoxy groups -OCH3 is 1. The topological polar surface area (TPSA) is 41.5 Å². The predicted octanol–water partition coefficient (Wildman–Crippen LogP) is 1.95. The summed E-state index contributed by atoms with van der Waals surface area (Å²) in [7, 11) is 3.53. The maximum absolute atomic E-state index is 10.1.